The number of carbonyl (C=O) groups is 2. The molecule has 1 aliphatic heterocycles. The van der Waals surface area contributed by atoms with Crippen LogP contribution >= 0.6 is 11.8 Å². The summed E-state index contributed by atoms with van der Waals surface area (Å²) in [5.41, 5.74) is 0.784. The molecule has 1 fully saturated rings. The fourth-order valence-electron chi connectivity index (χ4n) is 1.74. The number of nitriles is 1. The molecule has 25 heavy (non-hydrogen) atoms. The number of benzene rings is 1. The summed E-state index contributed by atoms with van der Waals surface area (Å²) >= 11 is 1.59. The van der Waals surface area contributed by atoms with Crippen LogP contribution in [0.4, 0.5) is 18.9 Å². The van der Waals surface area contributed by atoms with Gasteiger partial charge in [-0.3, -0.25) is 4.79 Å². The second-order valence-electron chi connectivity index (χ2n) is 4.77. The Morgan fingerprint density at radius 2 is 1.96 bits per heavy atom. The Morgan fingerprint density at radius 3 is 2.44 bits per heavy atom. The number of carboxylic acid groups (broad SMARTS) is 1. The average molecular weight is 376 g/mol. The van der Waals surface area contributed by atoms with E-state index in [1.54, 1.807) is 16.7 Å². The van der Waals surface area contributed by atoms with Crippen LogP contribution in [-0.2, 0) is 9.59 Å². The summed E-state index contributed by atoms with van der Waals surface area (Å²) < 4.78 is 31.7. The van der Waals surface area contributed by atoms with E-state index in [4.69, 9.17) is 21.0 Å². The van der Waals surface area contributed by atoms with Gasteiger partial charge in [-0.2, -0.15) is 18.4 Å². The van der Waals surface area contributed by atoms with Crippen molar-refractivity contribution in [2.24, 2.45) is 5.84 Å². The Labute approximate surface area is 145 Å². The third-order valence-electron chi connectivity index (χ3n) is 2.99. The molecule has 0 radical (unpaired) electrons. The summed E-state index contributed by atoms with van der Waals surface area (Å²) in [4.78, 5) is 22.5. The monoisotopic (exact) mass is 376 g/mol. The van der Waals surface area contributed by atoms with E-state index in [1.165, 1.54) is 5.01 Å². The maximum Gasteiger partial charge on any atom is 0.490 e. The zero-order valence-electron chi connectivity index (χ0n) is 12.8. The lowest BCUT2D eigenvalue weighted by Gasteiger charge is -2.23. The lowest BCUT2D eigenvalue weighted by atomic mass is 10.3. The number of hydrogen-bond acceptors (Lipinski definition) is 6. The third-order valence-corrected chi connectivity index (χ3v) is 4.00. The lowest BCUT2D eigenvalue weighted by Crippen LogP contribution is -2.45. The van der Waals surface area contributed by atoms with E-state index in [9.17, 15) is 18.0 Å². The Bertz CT molecular complexity index is 636. The fraction of sp³-hybridized carbons (Fsp3) is 0.357. The quantitative estimate of drug-likeness (QED) is 0.606. The number of thioether (sulfide) groups is 1. The van der Waals surface area contributed by atoms with Crippen molar-refractivity contribution < 1.29 is 27.9 Å². The number of carbonyl (C=O) groups excluding carboxylic acids is 1. The van der Waals surface area contributed by atoms with Crippen molar-refractivity contribution >= 4 is 29.3 Å². The highest BCUT2D eigenvalue weighted by atomic mass is 32.2. The Hall–Kier alpha value is -2.45. The molecule has 0 bridgehead atoms. The molecule has 136 valence electrons. The predicted octanol–water partition coefficient (Wildman–Crippen LogP) is 1.43. The molecule has 1 unspecified atom stereocenters. The van der Waals surface area contributed by atoms with Gasteiger partial charge in [0.25, 0.3) is 0 Å². The Kier molecular flexibility index (Phi) is 7.53. The van der Waals surface area contributed by atoms with E-state index >= 15 is 0 Å². The van der Waals surface area contributed by atoms with Crippen molar-refractivity contribution in [3.63, 3.8) is 0 Å². The van der Waals surface area contributed by atoms with E-state index in [-0.39, 0.29) is 18.5 Å². The topological polar surface area (TPSA) is 111 Å². The van der Waals surface area contributed by atoms with Crippen LogP contribution in [0.15, 0.2) is 30.3 Å². The number of aliphatic carboxylic acids is 1. The number of nitrogens with two attached hydrogens (primary N) is 1. The highest BCUT2D eigenvalue weighted by Gasteiger charge is 2.38. The van der Waals surface area contributed by atoms with Gasteiger partial charge in [-0.05, 0) is 12.1 Å². The number of carboxylic acids is 1. The third kappa shape index (κ3) is 6.52. The summed E-state index contributed by atoms with van der Waals surface area (Å²) in [7, 11) is 0. The van der Waals surface area contributed by atoms with E-state index in [1.807, 2.05) is 30.3 Å². The molecule has 11 heteroatoms. The largest absolute Gasteiger partial charge is 0.490 e. The van der Waals surface area contributed by atoms with Gasteiger partial charge >= 0.3 is 12.1 Å². The summed E-state index contributed by atoms with van der Waals surface area (Å²) in [6, 6.07) is 11.1. The highest BCUT2D eigenvalue weighted by molar-refractivity contribution is 7.99. The molecule has 1 saturated heterocycles. The number of halogens is 3. The van der Waals surface area contributed by atoms with Crippen LogP contribution in [0.3, 0.4) is 0 Å². The van der Waals surface area contributed by atoms with Crippen molar-refractivity contribution in [2.75, 3.05) is 23.2 Å². The number of hydrazine groups is 1. The first kappa shape index (κ1) is 20.6. The van der Waals surface area contributed by atoms with Gasteiger partial charge in [-0.1, -0.05) is 18.2 Å². The number of anilines is 1. The molecule has 0 aliphatic carbocycles. The maximum atomic E-state index is 12.0. The molecule has 7 nitrogen and oxygen atoms in total. The maximum absolute atomic E-state index is 12.0. The number of rotatable bonds is 3. The van der Waals surface area contributed by atoms with Crippen LogP contribution < -0.4 is 10.9 Å². The van der Waals surface area contributed by atoms with Crippen LogP contribution in [-0.4, -0.2) is 52.3 Å². The molecule has 3 N–H and O–H groups in total. The van der Waals surface area contributed by atoms with Gasteiger partial charge in [0.1, 0.15) is 12.6 Å². The smallest absolute Gasteiger partial charge is 0.475 e. The van der Waals surface area contributed by atoms with E-state index in [0.29, 0.717) is 11.6 Å². The predicted molar refractivity (Wildman–Crippen MR) is 85.2 cm³/mol. The minimum Gasteiger partial charge on any atom is -0.475 e. The SMILES string of the molecule is N#CC1CSCN1C(=O)CN(N)c1ccccc1.O=C(O)C(F)(F)F. The molecule has 1 aromatic rings. The molecule has 0 saturated carbocycles. The lowest BCUT2D eigenvalue weighted by molar-refractivity contribution is -0.192. The van der Waals surface area contributed by atoms with Crippen LogP contribution in [0.1, 0.15) is 0 Å². The minimum atomic E-state index is -5.08. The van der Waals surface area contributed by atoms with Crippen LogP contribution in [0, 0.1) is 11.3 Å². The average Bonchev–Trinajstić information content (AvgIpc) is 3.04. The molecule has 1 aliphatic rings. The molecule has 0 spiro atoms. The summed E-state index contributed by atoms with van der Waals surface area (Å²) in [6.45, 7) is 0.0861. The number of nitrogens with zero attached hydrogens (tertiary/aromatic N) is 3. The van der Waals surface area contributed by atoms with Gasteiger partial charge in [0.2, 0.25) is 5.91 Å². The second kappa shape index (κ2) is 9.14. The molecule has 1 atom stereocenters. The van der Waals surface area contributed by atoms with E-state index < -0.39 is 12.1 Å². The van der Waals surface area contributed by atoms with Gasteiger partial charge in [0.15, 0.2) is 0 Å². The first-order valence-corrected chi connectivity index (χ1v) is 7.96. The molecule has 1 heterocycles. The first-order valence-electron chi connectivity index (χ1n) is 6.81. The summed E-state index contributed by atoms with van der Waals surface area (Å²) in [5, 5.41) is 17.5. The number of para-hydroxylation sites is 1. The number of hydrogen-bond donors (Lipinski definition) is 2. The second-order valence-corrected chi connectivity index (χ2v) is 5.77. The Morgan fingerprint density at radius 1 is 1.40 bits per heavy atom. The normalized spacial score (nSPS) is 16.4. The molecule has 1 amide bonds. The van der Waals surface area contributed by atoms with Crippen LogP contribution in [0.25, 0.3) is 0 Å². The number of amides is 1. The highest BCUT2D eigenvalue weighted by Crippen LogP contribution is 2.20. The minimum absolute atomic E-state index is 0.0861. The summed E-state index contributed by atoms with van der Waals surface area (Å²) in [6.07, 6.45) is -5.08. The fourth-order valence-corrected chi connectivity index (χ4v) is 2.85. The van der Waals surface area contributed by atoms with Crippen molar-refractivity contribution in [1.82, 2.24) is 4.90 Å². The number of alkyl halides is 3. The van der Waals surface area contributed by atoms with Gasteiger partial charge in [0, 0.05) is 5.75 Å². The van der Waals surface area contributed by atoms with Gasteiger partial charge in [-0.25, -0.2) is 10.6 Å². The van der Waals surface area contributed by atoms with Gasteiger partial charge in [-0.15, -0.1) is 11.8 Å². The summed E-state index contributed by atoms with van der Waals surface area (Å²) in [5.74, 6) is 4.22. The molecule has 1 aromatic carbocycles. The molecular formula is C14H15F3N4O3S. The van der Waals surface area contributed by atoms with E-state index in [2.05, 4.69) is 6.07 Å². The van der Waals surface area contributed by atoms with Crippen LogP contribution in [0.5, 0.6) is 0 Å². The Balaban J connectivity index is 0.000000381. The standard InChI is InChI=1S/C12H14N4OS.C2HF3O2/c13-6-11-8-18-9-15(11)12(17)7-16(14)10-4-2-1-3-5-10;3-2(4,5)1(6)7/h1-5,11H,7-9,14H2;(H,6,7). The van der Waals surface area contributed by atoms with Gasteiger partial charge < -0.3 is 15.0 Å². The zero-order chi connectivity index (χ0) is 19.0. The zero-order valence-corrected chi connectivity index (χ0v) is 13.6. The molecular weight excluding hydrogens is 361 g/mol. The van der Waals surface area contributed by atoms with Crippen LogP contribution in [0.2, 0.25) is 0 Å². The molecule has 0 aromatic heterocycles. The van der Waals surface area contributed by atoms with Crippen molar-refractivity contribution in [3.05, 3.63) is 30.3 Å². The molecule has 2 rings (SSSR count). The first-order chi connectivity index (χ1) is 11.7. The van der Waals surface area contributed by atoms with Crippen molar-refractivity contribution in [1.29, 1.82) is 5.26 Å². The van der Waals surface area contributed by atoms with Crippen molar-refractivity contribution in [2.45, 2.75) is 12.2 Å². The van der Waals surface area contributed by atoms with Crippen molar-refractivity contribution in [3.8, 4) is 6.07 Å². The van der Waals surface area contributed by atoms with Gasteiger partial charge in [0.05, 0.1) is 17.6 Å². The van der Waals surface area contributed by atoms with E-state index in [0.717, 1.165) is 5.69 Å².